The molecule has 2 aromatic heterocycles. The second-order valence-corrected chi connectivity index (χ2v) is 6.08. The van der Waals surface area contributed by atoms with Crippen LogP contribution in [0.25, 0.3) is 21.5 Å². The Hall–Kier alpha value is -1.78. The Morgan fingerprint density at radius 3 is 2.95 bits per heavy atom. The molecular formula is C15H12ClN3S. The van der Waals surface area contributed by atoms with E-state index < -0.39 is 0 Å². The molecule has 2 N–H and O–H groups in total. The van der Waals surface area contributed by atoms with Gasteiger partial charge < -0.3 is 10.3 Å². The molecule has 0 saturated carbocycles. The molecule has 4 rings (SSSR count). The fraction of sp³-hybridized carbons (Fsp3) is 0.133. The number of fused-ring (bicyclic) bond motifs is 1. The van der Waals surface area contributed by atoms with Gasteiger partial charge in [-0.2, -0.15) is 0 Å². The van der Waals surface area contributed by atoms with Crippen LogP contribution in [0.5, 0.6) is 0 Å². The first kappa shape index (κ1) is 12.0. The van der Waals surface area contributed by atoms with E-state index in [9.17, 15) is 0 Å². The van der Waals surface area contributed by atoms with E-state index in [-0.39, 0.29) is 0 Å². The molecule has 0 unspecified atom stereocenters. The lowest BCUT2D eigenvalue weighted by atomic mass is 10.1. The lowest BCUT2D eigenvalue weighted by Gasteiger charge is -2.04. The van der Waals surface area contributed by atoms with Gasteiger partial charge in [-0.15, -0.1) is 11.3 Å². The number of amidine groups is 1. The fourth-order valence-electron chi connectivity index (χ4n) is 2.58. The molecule has 0 bridgehead atoms. The Morgan fingerprint density at radius 2 is 2.20 bits per heavy atom. The average molecular weight is 302 g/mol. The largest absolute Gasteiger partial charge is 0.368 e. The number of nitrogens with one attached hydrogen (secondary N) is 2. The van der Waals surface area contributed by atoms with E-state index in [1.54, 1.807) is 11.3 Å². The summed E-state index contributed by atoms with van der Waals surface area (Å²) in [5.74, 6) is 0.960. The lowest BCUT2D eigenvalue weighted by Crippen LogP contribution is -2.19. The number of hydrogen-bond donors (Lipinski definition) is 2. The number of rotatable bonds is 2. The van der Waals surface area contributed by atoms with Gasteiger partial charge in [0.05, 0.1) is 22.7 Å². The first-order valence-corrected chi connectivity index (χ1v) is 7.72. The Labute approximate surface area is 125 Å². The third-order valence-corrected chi connectivity index (χ3v) is 4.56. The first-order chi connectivity index (χ1) is 9.83. The summed E-state index contributed by atoms with van der Waals surface area (Å²) in [7, 11) is 0. The van der Waals surface area contributed by atoms with Gasteiger partial charge in [-0.1, -0.05) is 17.7 Å². The summed E-state index contributed by atoms with van der Waals surface area (Å²) < 4.78 is 0. The van der Waals surface area contributed by atoms with E-state index in [4.69, 9.17) is 11.6 Å². The van der Waals surface area contributed by atoms with Crippen LogP contribution in [0.2, 0.25) is 5.02 Å². The monoisotopic (exact) mass is 301 g/mol. The van der Waals surface area contributed by atoms with Crippen molar-refractivity contribution in [2.45, 2.75) is 0 Å². The van der Waals surface area contributed by atoms with Crippen LogP contribution in [0, 0.1) is 0 Å². The normalized spacial score (nSPS) is 14.6. The molecule has 1 aliphatic rings. The molecule has 1 aromatic carbocycles. The summed E-state index contributed by atoms with van der Waals surface area (Å²) >= 11 is 7.88. The number of halogens is 1. The molecule has 0 saturated heterocycles. The van der Waals surface area contributed by atoms with Crippen molar-refractivity contribution in [2.75, 3.05) is 13.1 Å². The van der Waals surface area contributed by atoms with Crippen LogP contribution in [-0.2, 0) is 0 Å². The van der Waals surface area contributed by atoms with Crippen molar-refractivity contribution in [1.29, 1.82) is 0 Å². The molecule has 1 aliphatic heterocycles. The van der Waals surface area contributed by atoms with Gasteiger partial charge in [-0.05, 0) is 29.6 Å². The van der Waals surface area contributed by atoms with Gasteiger partial charge in [0, 0.05) is 22.5 Å². The predicted octanol–water partition coefficient (Wildman–Crippen LogP) is 3.90. The summed E-state index contributed by atoms with van der Waals surface area (Å²) in [4.78, 5) is 9.29. The number of H-pyrrole nitrogens is 1. The van der Waals surface area contributed by atoms with Crippen LogP contribution < -0.4 is 5.32 Å². The van der Waals surface area contributed by atoms with E-state index in [0.29, 0.717) is 0 Å². The van der Waals surface area contributed by atoms with Gasteiger partial charge in [0.25, 0.3) is 0 Å². The van der Waals surface area contributed by atoms with Crippen LogP contribution in [0.3, 0.4) is 0 Å². The highest BCUT2D eigenvalue weighted by molar-refractivity contribution is 7.13. The summed E-state index contributed by atoms with van der Waals surface area (Å²) in [6.07, 6.45) is 0. The number of benzene rings is 1. The van der Waals surface area contributed by atoms with Crippen LogP contribution in [-0.4, -0.2) is 23.9 Å². The van der Waals surface area contributed by atoms with Crippen molar-refractivity contribution in [2.24, 2.45) is 4.99 Å². The number of aromatic amines is 1. The zero-order chi connectivity index (χ0) is 13.5. The molecule has 3 aromatic rings. The summed E-state index contributed by atoms with van der Waals surface area (Å²) in [6, 6.07) is 10.1. The highest BCUT2D eigenvalue weighted by atomic mass is 35.5. The molecular weight excluding hydrogens is 290 g/mol. The Kier molecular flexibility index (Phi) is 2.79. The Balaban J connectivity index is 2.05. The van der Waals surface area contributed by atoms with Gasteiger partial charge in [0.2, 0.25) is 0 Å². The molecule has 20 heavy (non-hydrogen) atoms. The molecule has 5 heteroatoms. The summed E-state index contributed by atoms with van der Waals surface area (Å²) in [5.41, 5.74) is 3.33. The Morgan fingerprint density at radius 1 is 1.25 bits per heavy atom. The number of hydrogen-bond acceptors (Lipinski definition) is 3. The van der Waals surface area contributed by atoms with E-state index in [1.807, 2.05) is 18.2 Å². The maximum absolute atomic E-state index is 6.16. The van der Waals surface area contributed by atoms with Crippen molar-refractivity contribution in [1.82, 2.24) is 10.3 Å². The number of thiophene rings is 1. The quantitative estimate of drug-likeness (QED) is 0.740. The maximum Gasteiger partial charge on any atom is 0.131 e. The first-order valence-electron chi connectivity index (χ1n) is 6.47. The van der Waals surface area contributed by atoms with Gasteiger partial charge in [-0.3, -0.25) is 4.99 Å². The highest BCUT2D eigenvalue weighted by Crippen LogP contribution is 2.34. The van der Waals surface area contributed by atoms with E-state index >= 15 is 0 Å². The van der Waals surface area contributed by atoms with E-state index in [2.05, 4.69) is 32.8 Å². The molecule has 0 fully saturated rings. The van der Waals surface area contributed by atoms with Crippen molar-refractivity contribution >= 4 is 39.7 Å². The maximum atomic E-state index is 6.16. The molecule has 0 spiro atoms. The van der Waals surface area contributed by atoms with Crippen LogP contribution in [0.15, 0.2) is 40.7 Å². The number of aromatic nitrogens is 1. The minimum Gasteiger partial charge on any atom is -0.368 e. The van der Waals surface area contributed by atoms with Gasteiger partial charge in [0.15, 0.2) is 0 Å². The van der Waals surface area contributed by atoms with Crippen molar-refractivity contribution in [3.8, 4) is 10.6 Å². The molecule has 3 heterocycles. The average Bonchev–Trinajstić information content (AvgIpc) is 3.17. The van der Waals surface area contributed by atoms with E-state index in [1.165, 1.54) is 4.88 Å². The second-order valence-electron chi connectivity index (χ2n) is 4.70. The van der Waals surface area contributed by atoms with E-state index in [0.717, 1.165) is 46.1 Å². The lowest BCUT2D eigenvalue weighted by molar-refractivity contribution is 0.960. The zero-order valence-electron chi connectivity index (χ0n) is 10.6. The number of aliphatic imine (C=N–C) groups is 1. The summed E-state index contributed by atoms with van der Waals surface area (Å²) in [6.45, 7) is 1.72. The molecule has 0 atom stereocenters. The Bertz CT molecular complexity index is 802. The smallest absolute Gasteiger partial charge is 0.131 e. The van der Waals surface area contributed by atoms with Crippen LogP contribution in [0.4, 0.5) is 0 Å². The molecule has 0 aliphatic carbocycles. The predicted molar refractivity (Wildman–Crippen MR) is 86.0 cm³/mol. The van der Waals surface area contributed by atoms with Gasteiger partial charge in [-0.25, -0.2) is 0 Å². The molecule has 100 valence electrons. The standard InChI is InChI=1S/C15H12ClN3S/c16-9-3-4-11-10(8-9)13(15-17-5-6-18-15)14(19-11)12-2-1-7-20-12/h1-4,7-8,19H,5-6H2,(H,17,18). The minimum absolute atomic E-state index is 0.745. The minimum atomic E-state index is 0.745. The third kappa shape index (κ3) is 1.84. The highest BCUT2D eigenvalue weighted by Gasteiger charge is 2.20. The zero-order valence-corrected chi connectivity index (χ0v) is 12.2. The topological polar surface area (TPSA) is 40.2 Å². The van der Waals surface area contributed by atoms with Crippen LogP contribution >= 0.6 is 22.9 Å². The second kappa shape index (κ2) is 4.65. The third-order valence-electron chi connectivity index (χ3n) is 3.44. The van der Waals surface area contributed by atoms with Crippen molar-refractivity contribution in [3.05, 3.63) is 46.3 Å². The molecule has 3 nitrogen and oxygen atoms in total. The van der Waals surface area contributed by atoms with Crippen LogP contribution in [0.1, 0.15) is 5.56 Å². The summed E-state index contributed by atoms with van der Waals surface area (Å²) in [5, 5.41) is 7.31. The molecule has 0 amide bonds. The van der Waals surface area contributed by atoms with Crippen molar-refractivity contribution < 1.29 is 0 Å². The number of nitrogens with zero attached hydrogens (tertiary/aromatic N) is 1. The molecule has 0 radical (unpaired) electrons. The van der Waals surface area contributed by atoms with Crippen molar-refractivity contribution in [3.63, 3.8) is 0 Å². The fourth-order valence-corrected chi connectivity index (χ4v) is 3.49. The van der Waals surface area contributed by atoms with Gasteiger partial charge in [0.1, 0.15) is 5.84 Å². The van der Waals surface area contributed by atoms with Gasteiger partial charge >= 0.3 is 0 Å². The SMILES string of the molecule is Clc1ccc2[nH]c(-c3cccs3)c(C3=NCCN3)c2c1.